The van der Waals surface area contributed by atoms with Crippen LogP contribution in [0, 0.1) is 0 Å². The first-order valence-electron chi connectivity index (χ1n) is 6.00. The molecular formula is C13H17N3S. The Morgan fingerprint density at radius 2 is 2.41 bits per heavy atom. The lowest BCUT2D eigenvalue weighted by Crippen LogP contribution is -2.25. The molecule has 1 saturated carbocycles. The van der Waals surface area contributed by atoms with Gasteiger partial charge in [-0.15, -0.1) is 0 Å². The molecule has 1 aliphatic rings. The van der Waals surface area contributed by atoms with Crippen molar-refractivity contribution in [3.8, 4) is 0 Å². The third-order valence-corrected chi connectivity index (χ3v) is 4.96. The van der Waals surface area contributed by atoms with E-state index < -0.39 is 0 Å². The quantitative estimate of drug-likeness (QED) is 0.853. The number of H-pyrrole nitrogens is 1. The zero-order valence-electron chi connectivity index (χ0n) is 9.99. The van der Waals surface area contributed by atoms with Crippen LogP contribution in [0.5, 0.6) is 0 Å². The second-order valence-corrected chi connectivity index (χ2v) is 5.98. The lowest BCUT2D eigenvalue weighted by molar-refractivity contribution is 0.665. The Labute approximate surface area is 105 Å². The Morgan fingerprint density at radius 3 is 3.18 bits per heavy atom. The minimum atomic E-state index is 0.532. The number of hydrogen-bond acceptors (Lipinski definition) is 3. The van der Waals surface area contributed by atoms with E-state index in [4.69, 9.17) is 0 Å². The highest BCUT2D eigenvalue weighted by Gasteiger charge is 2.41. The molecule has 3 rings (SSSR count). The molecule has 3 nitrogen and oxygen atoms in total. The number of pyridine rings is 1. The summed E-state index contributed by atoms with van der Waals surface area (Å²) in [5.74, 6) is 0. The van der Waals surface area contributed by atoms with E-state index in [1.54, 1.807) is 0 Å². The Morgan fingerprint density at radius 1 is 1.53 bits per heavy atom. The van der Waals surface area contributed by atoms with Crippen LogP contribution in [0.2, 0.25) is 0 Å². The summed E-state index contributed by atoms with van der Waals surface area (Å²) in [4.78, 5) is 7.51. The van der Waals surface area contributed by atoms with E-state index in [0.717, 1.165) is 18.7 Å². The van der Waals surface area contributed by atoms with Crippen molar-refractivity contribution >= 4 is 22.8 Å². The number of hydrogen-bond donors (Lipinski definition) is 2. The van der Waals surface area contributed by atoms with E-state index in [0.29, 0.717) is 4.75 Å². The van der Waals surface area contributed by atoms with E-state index >= 15 is 0 Å². The molecule has 0 aliphatic heterocycles. The van der Waals surface area contributed by atoms with Crippen LogP contribution < -0.4 is 5.32 Å². The molecule has 0 radical (unpaired) electrons. The molecule has 0 amide bonds. The van der Waals surface area contributed by atoms with Gasteiger partial charge in [-0.2, -0.15) is 11.8 Å². The van der Waals surface area contributed by atoms with E-state index in [-0.39, 0.29) is 0 Å². The van der Waals surface area contributed by atoms with Gasteiger partial charge < -0.3 is 10.3 Å². The summed E-state index contributed by atoms with van der Waals surface area (Å²) < 4.78 is 0.532. The average molecular weight is 247 g/mol. The average Bonchev–Trinajstić information content (AvgIpc) is 3.04. The molecule has 2 aromatic heterocycles. The molecule has 0 atom stereocenters. The van der Waals surface area contributed by atoms with Crippen LogP contribution in [0.4, 0.5) is 0 Å². The normalized spacial score (nSPS) is 17.5. The summed E-state index contributed by atoms with van der Waals surface area (Å²) in [6.45, 7) is 2.04. The van der Waals surface area contributed by atoms with Gasteiger partial charge in [0.25, 0.3) is 0 Å². The maximum absolute atomic E-state index is 4.30. The van der Waals surface area contributed by atoms with Gasteiger partial charge in [0, 0.05) is 35.6 Å². The molecule has 0 saturated heterocycles. The van der Waals surface area contributed by atoms with E-state index in [1.807, 2.05) is 24.0 Å². The predicted molar refractivity (Wildman–Crippen MR) is 73.3 cm³/mol. The molecule has 17 heavy (non-hydrogen) atoms. The fourth-order valence-electron chi connectivity index (χ4n) is 2.18. The SMILES string of the molecule is CSC1(CNCc2c[nH]c3ncccc23)CC1. The molecule has 0 spiro atoms. The second-order valence-electron chi connectivity index (χ2n) is 4.70. The Bertz CT molecular complexity index is 516. The summed E-state index contributed by atoms with van der Waals surface area (Å²) in [7, 11) is 0. The first-order chi connectivity index (χ1) is 8.33. The Hall–Kier alpha value is -1.00. The van der Waals surface area contributed by atoms with Crippen molar-refractivity contribution in [1.82, 2.24) is 15.3 Å². The number of rotatable bonds is 5. The minimum Gasteiger partial charge on any atom is -0.346 e. The molecule has 2 heterocycles. The van der Waals surface area contributed by atoms with Crippen LogP contribution >= 0.6 is 11.8 Å². The van der Waals surface area contributed by atoms with Gasteiger partial charge in [-0.3, -0.25) is 0 Å². The molecule has 90 valence electrons. The zero-order valence-corrected chi connectivity index (χ0v) is 10.8. The molecule has 0 bridgehead atoms. The number of nitrogens with zero attached hydrogens (tertiary/aromatic N) is 1. The molecule has 4 heteroatoms. The van der Waals surface area contributed by atoms with Crippen LogP contribution in [0.1, 0.15) is 18.4 Å². The second kappa shape index (κ2) is 4.35. The predicted octanol–water partition coefficient (Wildman–Crippen LogP) is 2.55. The van der Waals surface area contributed by atoms with Crippen LogP contribution in [0.3, 0.4) is 0 Å². The lowest BCUT2D eigenvalue weighted by atomic mass is 10.2. The maximum atomic E-state index is 4.30. The van der Waals surface area contributed by atoms with Crippen molar-refractivity contribution < 1.29 is 0 Å². The van der Waals surface area contributed by atoms with Crippen LogP contribution in [-0.2, 0) is 6.54 Å². The van der Waals surface area contributed by atoms with Crippen LogP contribution in [-0.4, -0.2) is 27.5 Å². The molecule has 0 aromatic carbocycles. The standard InChI is InChI=1S/C13H17N3S/c1-17-13(4-5-13)9-14-7-10-8-16-12-11(10)3-2-6-15-12/h2-3,6,8,14H,4-5,7,9H2,1H3,(H,15,16). The molecule has 2 N–H and O–H groups in total. The summed E-state index contributed by atoms with van der Waals surface area (Å²) in [6, 6.07) is 4.11. The highest BCUT2D eigenvalue weighted by Crippen LogP contribution is 2.46. The fraction of sp³-hybridized carbons (Fsp3) is 0.462. The van der Waals surface area contributed by atoms with Crippen LogP contribution in [0.25, 0.3) is 11.0 Å². The van der Waals surface area contributed by atoms with Gasteiger partial charge in [0.05, 0.1) is 0 Å². The first-order valence-corrected chi connectivity index (χ1v) is 7.22. The molecule has 1 aliphatic carbocycles. The molecule has 0 unspecified atom stereocenters. The minimum absolute atomic E-state index is 0.532. The number of aromatic nitrogens is 2. The van der Waals surface area contributed by atoms with Crippen molar-refractivity contribution in [3.05, 3.63) is 30.1 Å². The highest BCUT2D eigenvalue weighted by molar-refractivity contribution is 8.00. The number of aromatic amines is 1. The smallest absolute Gasteiger partial charge is 0.137 e. The summed E-state index contributed by atoms with van der Waals surface area (Å²) in [5, 5.41) is 4.80. The number of fused-ring (bicyclic) bond motifs is 1. The highest BCUT2D eigenvalue weighted by atomic mass is 32.2. The van der Waals surface area contributed by atoms with E-state index in [2.05, 4.69) is 33.8 Å². The van der Waals surface area contributed by atoms with Gasteiger partial charge in [-0.05, 0) is 36.8 Å². The fourth-order valence-corrected chi connectivity index (χ4v) is 2.93. The largest absolute Gasteiger partial charge is 0.346 e. The molecular weight excluding hydrogens is 230 g/mol. The van der Waals surface area contributed by atoms with E-state index in [1.165, 1.54) is 23.8 Å². The molecule has 1 fully saturated rings. The monoisotopic (exact) mass is 247 g/mol. The van der Waals surface area contributed by atoms with Gasteiger partial charge in [-0.1, -0.05) is 0 Å². The van der Waals surface area contributed by atoms with Crippen molar-refractivity contribution in [3.63, 3.8) is 0 Å². The van der Waals surface area contributed by atoms with Gasteiger partial charge in [0.1, 0.15) is 5.65 Å². The van der Waals surface area contributed by atoms with Gasteiger partial charge in [-0.25, -0.2) is 4.98 Å². The van der Waals surface area contributed by atoms with Crippen molar-refractivity contribution in [2.24, 2.45) is 0 Å². The lowest BCUT2D eigenvalue weighted by Gasteiger charge is -2.12. The topological polar surface area (TPSA) is 40.7 Å². The summed E-state index contributed by atoms with van der Waals surface area (Å²) in [6.07, 6.45) is 8.81. The third-order valence-electron chi connectivity index (χ3n) is 3.54. The summed E-state index contributed by atoms with van der Waals surface area (Å²) in [5.41, 5.74) is 2.29. The van der Waals surface area contributed by atoms with Gasteiger partial charge in [0.15, 0.2) is 0 Å². The van der Waals surface area contributed by atoms with Crippen molar-refractivity contribution in [1.29, 1.82) is 0 Å². The van der Waals surface area contributed by atoms with Gasteiger partial charge >= 0.3 is 0 Å². The van der Waals surface area contributed by atoms with Crippen molar-refractivity contribution in [2.75, 3.05) is 12.8 Å². The van der Waals surface area contributed by atoms with Gasteiger partial charge in [0.2, 0.25) is 0 Å². The van der Waals surface area contributed by atoms with E-state index in [9.17, 15) is 0 Å². The number of thioether (sulfide) groups is 1. The third kappa shape index (κ3) is 2.19. The zero-order chi connectivity index (χ0) is 11.7. The summed E-state index contributed by atoms with van der Waals surface area (Å²) >= 11 is 2.00. The Kier molecular flexibility index (Phi) is 2.84. The maximum Gasteiger partial charge on any atom is 0.137 e. The van der Waals surface area contributed by atoms with Crippen molar-refractivity contribution in [2.45, 2.75) is 24.1 Å². The Balaban J connectivity index is 1.65. The number of nitrogens with one attached hydrogen (secondary N) is 2. The van der Waals surface area contributed by atoms with Crippen LogP contribution in [0.15, 0.2) is 24.5 Å². The molecule has 2 aromatic rings. The first kappa shape index (κ1) is 11.1.